The van der Waals surface area contributed by atoms with E-state index in [9.17, 15) is 9.59 Å². The predicted octanol–water partition coefficient (Wildman–Crippen LogP) is 5.20. The first-order valence-corrected chi connectivity index (χ1v) is 11.1. The minimum atomic E-state index is -0.375. The second-order valence-electron chi connectivity index (χ2n) is 7.60. The third kappa shape index (κ3) is 6.17. The summed E-state index contributed by atoms with van der Waals surface area (Å²) in [5, 5.41) is 11.0. The van der Waals surface area contributed by atoms with Crippen LogP contribution in [0.1, 0.15) is 11.5 Å². The van der Waals surface area contributed by atoms with Crippen LogP contribution in [0.3, 0.4) is 0 Å². The highest BCUT2D eigenvalue weighted by Gasteiger charge is 2.15. The van der Waals surface area contributed by atoms with Gasteiger partial charge in [-0.15, -0.1) is 0 Å². The molecule has 4 rings (SSSR count). The lowest BCUT2D eigenvalue weighted by molar-refractivity contribution is 0.250. The predicted molar refractivity (Wildman–Crippen MR) is 134 cm³/mol. The molecule has 0 radical (unpaired) electrons. The molecule has 0 saturated carbocycles. The molecule has 0 saturated heterocycles. The zero-order chi connectivity index (χ0) is 25.3. The number of anilines is 2. The number of urea groups is 2. The minimum Gasteiger partial charge on any atom is -0.496 e. The number of hydrogen-bond acceptors (Lipinski definition) is 6. The number of ether oxygens (including phenoxy) is 2. The van der Waals surface area contributed by atoms with Crippen molar-refractivity contribution in [2.45, 2.75) is 13.1 Å². The van der Waals surface area contributed by atoms with Crippen LogP contribution in [0.15, 0.2) is 82.0 Å². The fraction of sp³-hybridized carbons (Fsp3) is 0.154. The molecule has 4 aromatic rings. The maximum absolute atomic E-state index is 12.2. The molecule has 2 heterocycles. The summed E-state index contributed by atoms with van der Waals surface area (Å²) in [6, 6.07) is 16.9. The normalized spacial score (nSPS) is 10.4. The molecule has 10 heteroatoms. The van der Waals surface area contributed by atoms with Crippen molar-refractivity contribution in [1.29, 1.82) is 0 Å². The molecule has 2 aromatic carbocycles. The van der Waals surface area contributed by atoms with Crippen LogP contribution in [0.4, 0.5) is 21.0 Å². The first-order chi connectivity index (χ1) is 17.6. The average molecular weight is 491 g/mol. The lowest BCUT2D eigenvalue weighted by Gasteiger charge is -2.16. The summed E-state index contributed by atoms with van der Waals surface area (Å²) < 4.78 is 21.6. The van der Waals surface area contributed by atoms with Crippen molar-refractivity contribution in [1.82, 2.24) is 10.6 Å². The Morgan fingerprint density at radius 1 is 0.694 bits per heavy atom. The van der Waals surface area contributed by atoms with E-state index in [0.29, 0.717) is 34.4 Å². The van der Waals surface area contributed by atoms with E-state index < -0.39 is 0 Å². The summed E-state index contributed by atoms with van der Waals surface area (Å²) in [6.07, 6.45) is 3.10. The van der Waals surface area contributed by atoms with Gasteiger partial charge in [0.15, 0.2) is 0 Å². The van der Waals surface area contributed by atoms with Crippen molar-refractivity contribution in [3.63, 3.8) is 0 Å². The van der Waals surface area contributed by atoms with Crippen molar-refractivity contribution >= 4 is 23.4 Å². The molecule has 0 atom stereocenters. The molecule has 0 spiro atoms. The third-order valence-electron chi connectivity index (χ3n) is 5.22. The van der Waals surface area contributed by atoms with Gasteiger partial charge in [-0.25, -0.2) is 9.59 Å². The van der Waals surface area contributed by atoms with Crippen molar-refractivity contribution in [2.75, 3.05) is 24.9 Å². The lowest BCUT2D eigenvalue weighted by Crippen LogP contribution is -2.28. The number of hydrogen-bond donors (Lipinski definition) is 4. The summed E-state index contributed by atoms with van der Waals surface area (Å²) in [4.78, 5) is 24.5. The molecule has 0 fully saturated rings. The SMILES string of the molecule is COc1cc(NC(=O)NCc2ccco2)ccc1-c1ccc(NC(=O)NCc2ccco2)cc1OC. The van der Waals surface area contributed by atoms with Crippen LogP contribution in [-0.4, -0.2) is 26.3 Å². The molecule has 4 N–H and O–H groups in total. The maximum atomic E-state index is 12.2. The number of rotatable bonds is 9. The zero-order valence-corrected chi connectivity index (χ0v) is 19.8. The molecule has 4 amide bonds. The minimum absolute atomic E-state index is 0.270. The lowest BCUT2D eigenvalue weighted by atomic mass is 10.0. The van der Waals surface area contributed by atoms with E-state index in [4.69, 9.17) is 18.3 Å². The summed E-state index contributed by atoms with van der Waals surface area (Å²) in [7, 11) is 3.09. The van der Waals surface area contributed by atoms with Crippen molar-refractivity contribution in [2.24, 2.45) is 0 Å². The summed E-state index contributed by atoms with van der Waals surface area (Å²) in [5.41, 5.74) is 2.62. The summed E-state index contributed by atoms with van der Waals surface area (Å²) in [5.74, 6) is 2.37. The van der Waals surface area contributed by atoms with E-state index >= 15 is 0 Å². The number of nitrogens with one attached hydrogen (secondary N) is 4. The molecular formula is C26H26N4O6. The van der Waals surface area contributed by atoms with Crippen LogP contribution >= 0.6 is 0 Å². The van der Waals surface area contributed by atoms with Gasteiger partial charge in [-0.2, -0.15) is 0 Å². The van der Waals surface area contributed by atoms with Crippen LogP contribution in [-0.2, 0) is 13.1 Å². The average Bonchev–Trinajstić information content (AvgIpc) is 3.61. The van der Waals surface area contributed by atoms with Crippen LogP contribution in [0.2, 0.25) is 0 Å². The maximum Gasteiger partial charge on any atom is 0.319 e. The fourth-order valence-corrected chi connectivity index (χ4v) is 3.49. The van der Waals surface area contributed by atoms with Gasteiger partial charge in [0.05, 0.1) is 39.8 Å². The van der Waals surface area contributed by atoms with Gasteiger partial charge >= 0.3 is 12.1 Å². The molecule has 0 aliphatic carbocycles. The third-order valence-corrected chi connectivity index (χ3v) is 5.22. The fourth-order valence-electron chi connectivity index (χ4n) is 3.49. The number of furan rings is 2. The molecule has 2 aromatic heterocycles. The van der Waals surface area contributed by atoms with E-state index in [1.165, 1.54) is 0 Å². The Morgan fingerprint density at radius 3 is 1.50 bits per heavy atom. The Balaban J connectivity index is 1.43. The molecule has 0 bridgehead atoms. The molecule has 10 nitrogen and oxygen atoms in total. The van der Waals surface area contributed by atoms with Gasteiger partial charge < -0.3 is 39.6 Å². The van der Waals surface area contributed by atoms with E-state index in [-0.39, 0.29) is 25.2 Å². The van der Waals surface area contributed by atoms with E-state index in [0.717, 1.165) is 11.1 Å². The van der Waals surface area contributed by atoms with Gasteiger partial charge in [0.1, 0.15) is 23.0 Å². The summed E-state index contributed by atoms with van der Waals surface area (Å²) >= 11 is 0. The molecule has 0 unspecified atom stereocenters. The van der Waals surface area contributed by atoms with E-state index in [2.05, 4.69) is 21.3 Å². The zero-order valence-electron chi connectivity index (χ0n) is 19.8. The topological polar surface area (TPSA) is 127 Å². The molecule has 186 valence electrons. The highest BCUT2D eigenvalue weighted by Crippen LogP contribution is 2.39. The Bertz CT molecular complexity index is 1200. The first kappa shape index (κ1) is 24.3. The van der Waals surface area contributed by atoms with Gasteiger partial charge in [-0.1, -0.05) is 0 Å². The first-order valence-electron chi connectivity index (χ1n) is 11.1. The van der Waals surface area contributed by atoms with Crippen molar-refractivity contribution in [3.05, 3.63) is 84.7 Å². The van der Waals surface area contributed by atoms with Gasteiger partial charge in [0, 0.05) is 34.6 Å². The van der Waals surface area contributed by atoms with Crippen LogP contribution in [0.5, 0.6) is 11.5 Å². The number of carbonyl (C=O) groups excluding carboxylic acids is 2. The Morgan fingerprint density at radius 2 is 1.14 bits per heavy atom. The molecule has 36 heavy (non-hydrogen) atoms. The second-order valence-corrected chi connectivity index (χ2v) is 7.60. The van der Waals surface area contributed by atoms with Gasteiger partial charge in [0.25, 0.3) is 0 Å². The van der Waals surface area contributed by atoms with E-state index in [1.807, 2.05) is 12.1 Å². The summed E-state index contributed by atoms with van der Waals surface area (Å²) in [6.45, 7) is 0.541. The molecule has 0 aliphatic rings. The van der Waals surface area contributed by atoms with Gasteiger partial charge in [-0.05, 0) is 48.5 Å². The number of benzene rings is 2. The second kappa shape index (κ2) is 11.5. The smallest absolute Gasteiger partial charge is 0.319 e. The number of methoxy groups -OCH3 is 2. The van der Waals surface area contributed by atoms with Gasteiger partial charge in [-0.3, -0.25) is 0 Å². The van der Waals surface area contributed by atoms with Crippen LogP contribution in [0.25, 0.3) is 11.1 Å². The number of amides is 4. The quantitative estimate of drug-likeness (QED) is 0.255. The van der Waals surface area contributed by atoms with Crippen LogP contribution in [0, 0.1) is 0 Å². The Kier molecular flexibility index (Phi) is 7.76. The highest BCUT2D eigenvalue weighted by molar-refractivity contribution is 5.92. The van der Waals surface area contributed by atoms with Crippen molar-refractivity contribution < 1.29 is 27.9 Å². The monoisotopic (exact) mass is 490 g/mol. The highest BCUT2D eigenvalue weighted by atomic mass is 16.5. The Hall–Kier alpha value is -4.86. The molecule has 0 aliphatic heterocycles. The van der Waals surface area contributed by atoms with Crippen molar-refractivity contribution in [3.8, 4) is 22.6 Å². The standard InChI is InChI=1S/C26H26N4O6/c1-33-23-13-17(29-25(31)27-15-19-5-3-11-35-19)7-9-21(23)22-10-8-18(14-24(22)34-2)30-26(32)28-16-20-6-4-12-36-20/h3-14H,15-16H2,1-2H3,(H2,27,29,31)(H2,28,30,32). The van der Waals surface area contributed by atoms with Gasteiger partial charge in [0.2, 0.25) is 0 Å². The molecular weight excluding hydrogens is 464 g/mol. The largest absolute Gasteiger partial charge is 0.496 e. The van der Waals surface area contributed by atoms with E-state index in [1.54, 1.807) is 75.3 Å². The van der Waals surface area contributed by atoms with Crippen LogP contribution < -0.4 is 30.7 Å². The number of carbonyl (C=O) groups is 2. The Labute approximate surface area is 207 Å².